The van der Waals surface area contributed by atoms with Crippen LogP contribution in [-0.4, -0.2) is 6.29 Å². The van der Waals surface area contributed by atoms with E-state index in [4.69, 9.17) is 4.79 Å². The standard InChI is InChI=1S/C18H22.C5H12.C2H4O/c1-4-14-11-16-6-5-7-17(16)13(3)18(14)10-12(2)15-8-9-15;1-4-5(2)3;1-2-3/h4,10-11,15H,1,5-9H2,2-3H3;5H,4H2,1-3H3;2H,1H3/b12-10+;;. The van der Waals surface area contributed by atoms with Gasteiger partial charge in [-0.15, -0.1) is 0 Å². The lowest BCUT2D eigenvalue weighted by atomic mass is 9.92. The van der Waals surface area contributed by atoms with Crippen LogP contribution in [0, 0.1) is 18.8 Å². The van der Waals surface area contributed by atoms with E-state index >= 15 is 0 Å². The highest BCUT2D eigenvalue weighted by molar-refractivity contribution is 5.71. The van der Waals surface area contributed by atoms with Gasteiger partial charge in [-0.05, 0) is 92.5 Å². The highest BCUT2D eigenvalue weighted by atomic mass is 16.1. The first-order chi connectivity index (χ1) is 12.4. The van der Waals surface area contributed by atoms with Gasteiger partial charge in [0, 0.05) is 0 Å². The zero-order valence-corrected chi connectivity index (χ0v) is 17.8. The molecule has 0 saturated heterocycles. The Morgan fingerprint density at radius 3 is 2.35 bits per heavy atom. The molecule has 1 heteroatoms. The Morgan fingerprint density at radius 2 is 1.88 bits per heavy atom. The number of allylic oxidation sites excluding steroid dienone is 1. The zero-order chi connectivity index (χ0) is 19.7. The van der Waals surface area contributed by atoms with E-state index in [2.05, 4.69) is 53.3 Å². The summed E-state index contributed by atoms with van der Waals surface area (Å²) >= 11 is 0. The van der Waals surface area contributed by atoms with Gasteiger partial charge < -0.3 is 4.79 Å². The number of benzene rings is 1. The Kier molecular flexibility index (Phi) is 9.62. The molecule has 1 aromatic carbocycles. The van der Waals surface area contributed by atoms with Gasteiger partial charge in [0.2, 0.25) is 0 Å². The second-order valence-corrected chi connectivity index (χ2v) is 7.90. The number of carbonyl (C=O) groups is 1. The lowest BCUT2D eigenvalue weighted by molar-refractivity contribution is -0.106. The monoisotopic (exact) mass is 354 g/mol. The van der Waals surface area contributed by atoms with Crippen LogP contribution < -0.4 is 0 Å². The Hall–Kier alpha value is -1.63. The topological polar surface area (TPSA) is 17.1 Å². The predicted octanol–water partition coefficient (Wildman–Crippen LogP) is 7.20. The molecule has 0 radical (unpaired) electrons. The highest BCUT2D eigenvalue weighted by Gasteiger charge is 2.24. The van der Waals surface area contributed by atoms with Crippen LogP contribution in [0.1, 0.15) is 88.1 Å². The molecule has 1 saturated carbocycles. The van der Waals surface area contributed by atoms with Crippen molar-refractivity contribution < 1.29 is 4.79 Å². The first kappa shape index (κ1) is 22.4. The molecular formula is C25H38O. The Balaban J connectivity index is 0.000000361. The average molecular weight is 355 g/mol. The van der Waals surface area contributed by atoms with E-state index in [0.29, 0.717) is 0 Å². The van der Waals surface area contributed by atoms with E-state index in [1.165, 1.54) is 62.1 Å². The molecule has 0 atom stereocenters. The van der Waals surface area contributed by atoms with E-state index in [9.17, 15) is 0 Å². The quantitative estimate of drug-likeness (QED) is 0.523. The third-order valence-corrected chi connectivity index (χ3v) is 5.39. The Morgan fingerprint density at radius 1 is 1.31 bits per heavy atom. The van der Waals surface area contributed by atoms with E-state index in [0.717, 1.165) is 18.1 Å². The third kappa shape index (κ3) is 6.59. The molecule has 2 aliphatic carbocycles. The van der Waals surface area contributed by atoms with Crippen LogP contribution in [0.25, 0.3) is 12.2 Å². The van der Waals surface area contributed by atoms with Gasteiger partial charge in [0.15, 0.2) is 0 Å². The summed E-state index contributed by atoms with van der Waals surface area (Å²) in [6.45, 7) is 16.7. The molecule has 144 valence electrons. The van der Waals surface area contributed by atoms with Crippen molar-refractivity contribution in [2.45, 2.75) is 80.1 Å². The summed E-state index contributed by atoms with van der Waals surface area (Å²) in [4.78, 5) is 8.81. The third-order valence-electron chi connectivity index (χ3n) is 5.39. The van der Waals surface area contributed by atoms with E-state index in [1.807, 2.05) is 6.08 Å². The van der Waals surface area contributed by atoms with E-state index in [1.54, 1.807) is 16.7 Å². The van der Waals surface area contributed by atoms with Crippen molar-refractivity contribution in [3.63, 3.8) is 0 Å². The molecule has 3 rings (SSSR count). The summed E-state index contributed by atoms with van der Waals surface area (Å²) < 4.78 is 0. The molecule has 0 unspecified atom stereocenters. The molecule has 0 heterocycles. The molecule has 2 aliphatic rings. The summed E-state index contributed by atoms with van der Waals surface area (Å²) in [7, 11) is 0. The summed E-state index contributed by atoms with van der Waals surface area (Å²) in [5.74, 6) is 1.74. The Bertz CT molecular complexity index is 630. The lowest BCUT2D eigenvalue weighted by Gasteiger charge is -2.13. The molecule has 1 aromatic rings. The van der Waals surface area contributed by atoms with Crippen molar-refractivity contribution in [3.05, 3.63) is 46.0 Å². The second kappa shape index (κ2) is 11.2. The van der Waals surface area contributed by atoms with Crippen LogP contribution in [0.4, 0.5) is 0 Å². The van der Waals surface area contributed by atoms with Gasteiger partial charge in [-0.3, -0.25) is 0 Å². The fourth-order valence-electron chi connectivity index (χ4n) is 3.24. The summed E-state index contributed by atoms with van der Waals surface area (Å²) in [6, 6.07) is 2.37. The first-order valence-electron chi connectivity index (χ1n) is 10.2. The number of rotatable bonds is 4. The van der Waals surface area contributed by atoms with Crippen LogP contribution in [0.5, 0.6) is 0 Å². The summed E-state index contributed by atoms with van der Waals surface area (Å²) in [6.07, 6.45) is 13.1. The molecule has 26 heavy (non-hydrogen) atoms. The molecule has 0 amide bonds. The Labute approximate surface area is 161 Å². The van der Waals surface area contributed by atoms with Crippen molar-refractivity contribution in [3.8, 4) is 0 Å². The normalized spacial score (nSPS) is 15.4. The average Bonchev–Trinajstić information content (AvgIpc) is 3.36. The van der Waals surface area contributed by atoms with E-state index < -0.39 is 0 Å². The first-order valence-corrected chi connectivity index (χ1v) is 10.2. The lowest BCUT2D eigenvalue weighted by Crippen LogP contribution is -1.96. The number of fused-ring (bicyclic) bond motifs is 1. The molecule has 0 aliphatic heterocycles. The van der Waals surface area contributed by atoms with Gasteiger partial charge in [-0.1, -0.05) is 57.6 Å². The van der Waals surface area contributed by atoms with Crippen LogP contribution in [0.3, 0.4) is 0 Å². The number of hydrogen-bond acceptors (Lipinski definition) is 1. The minimum atomic E-state index is 0.750. The fourth-order valence-corrected chi connectivity index (χ4v) is 3.24. The SMILES string of the molecule is C=Cc1cc2c(c(C)c1/C=C(\C)C1CC1)CCC2.CC=O.CCC(C)C. The maximum absolute atomic E-state index is 8.81. The fraction of sp³-hybridized carbons (Fsp3) is 0.560. The molecule has 0 bridgehead atoms. The van der Waals surface area contributed by atoms with Gasteiger partial charge in [0.1, 0.15) is 6.29 Å². The van der Waals surface area contributed by atoms with Crippen LogP contribution in [0.15, 0.2) is 18.2 Å². The summed E-state index contributed by atoms with van der Waals surface area (Å²) in [5.41, 5.74) is 8.97. The molecule has 0 N–H and O–H groups in total. The van der Waals surface area contributed by atoms with Crippen LogP contribution in [-0.2, 0) is 17.6 Å². The van der Waals surface area contributed by atoms with Crippen molar-refractivity contribution in [1.29, 1.82) is 0 Å². The van der Waals surface area contributed by atoms with Crippen molar-refractivity contribution in [1.82, 2.24) is 0 Å². The summed E-state index contributed by atoms with van der Waals surface area (Å²) in [5, 5.41) is 0. The number of aryl methyl sites for hydroxylation is 1. The molecule has 1 fully saturated rings. The molecular weight excluding hydrogens is 316 g/mol. The predicted molar refractivity (Wildman–Crippen MR) is 117 cm³/mol. The van der Waals surface area contributed by atoms with Gasteiger partial charge >= 0.3 is 0 Å². The number of carbonyl (C=O) groups excluding carboxylic acids is 1. The van der Waals surface area contributed by atoms with Crippen LogP contribution >= 0.6 is 0 Å². The zero-order valence-electron chi connectivity index (χ0n) is 17.8. The van der Waals surface area contributed by atoms with Gasteiger partial charge in [-0.25, -0.2) is 0 Å². The van der Waals surface area contributed by atoms with Crippen molar-refractivity contribution in [2.75, 3.05) is 0 Å². The molecule has 1 nitrogen and oxygen atoms in total. The second-order valence-electron chi connectivity index (χ2n) is 7.90. The maximum atomic E-state index is 8.81. The molecule has 0 spiro atoms. The number of aldehydes is 1. The van der Waals surface area contributed by atoms with Crippen molar-refractivity contribution >= 4 is 18.4 Å². The van der Waals surface area contributed by atoms with E-state index in [-0.39, 0.29) is 0 Å². The van der Waals surface area contributed by atoms with Crippen molar-refractivity contribution in [2.24, 2.45) is 11.8 Å². The minimum absolute atomic E-state index is 0.750. The largest absolute Gasteiger partial charge is 0.304 e. The van der Waals surface area contributed by atoms with Crippen LogP contribution in [0.2, 0.25) is 0 Å². The smallest absolute Gasteiger partial charge is 0.116 e. The number of hydrogen-bond donors (Lipinski definition) is 0. The maximum Gasteiger partial charge on any atom is 0.116 e. The molecule has 0 aromatic heterocycles. The highest BCUT2D eigenvalue weighted by Crippen LogP contribution is 2.39. The van der Waals surface area contributed by atoms with Gasteiger partial charge in [0.25, 0.3) is 0 Å². The van der Waals surface area contributed by atoms with Gasteiger partial charge in [-0.2, -0.15) is 0 Å². The van der Waals surface area contributed by atoms with Gasteiger partial charge in [0.05, 0.1) is 0 Å². The minimum Gasteiger partial charge on any atom is -0.304 e.